The van der Waals surface area contributed by atoms with Crippen molar-refractivity contribution in [1.29, 1.82) is 0 Å². The van der Waals surface area contributed by atoms with Crippen LogP contribution in [0.25, 0.3) is 0 Å². The molecule has 1 saturated carbocycles. The first-order valence-electron chi connectivity index (χ1n) is 9.52. The summed E-state index contributed by atoms with van der Waals surface area (Å²) < 4.78 is 6.01. The molecule has 2 atom stereocenters. The fourth-order valence-corrected chi connectivity index (χ4v) is 3.86. The summed E-state index contributed by atoms with van der Waals surface area (Å²) in [6, 6.07) is 8.56. The summed E-state index contributed by atoms with van der Waals surface area (Å²) in [7, 11) is 0. The van der Waals surface area contributed by atoms with E-state index in [1.165, 1.54) is 11.1 Å². The van der Waals surface area contributed by atoms with Gasteiger partial charge in [0.25, 0.3) is 0 Å². The summed E-state index contributed by atoms with van der Waals surface area (Å²) in [6.07, 6.45) is 5.22. The molecule has 0 aromatic heterocycles. The van der Waals surface area contributed by atoms with E-state index in [4.69, 9.17) is 4.74 Å². The molecule has 1 aromatic carbocycles. The molecule has 0 radical (unpaired) electrons. The molecule has 1 aliphatic heterocycles. The van der Waals surface area contributed by atoms with E-state index < -0.39 is 0 Å². The molecule has 1 heterocycles. The van der Waals surface area contributed by atoms with Crippen molar-refractivity contribution in [2.75, 3.05) is 13.2 Å². The summed E-state index contributed by atoms with van der Waals surface area (Å²) in [5.74, 6) is 0.301. The van der Waals surface area contributed by atoms with E-state index in [-0.39, 0.29) is 24.3 Å². The topological polar surface area (TPSA) is 70.6 Å². The van der Waals surface area contributed by atoms with Crippen LogP contribution in [0.5, 0.6) is 0 Å². The van der Waals surface area contributed by atoms with Crippen LogP contribution < -0.4 is 10.6 Å². The third kappa shape index (κ3) is 5.19. The maximum Gasteiger partial charge on any atom is 0.315 e. The molecular formula is C20H30N2O3. The van der Waals surface area contributed by atoms with Crippen LogP contribution in [0.3, 0.4) is 0 Å². The summed E-state index contributed by atoms with van der Waals surface area (Å²) in [5, 5.41) is 15.6. The number of benzene rings is 1. The van der Waals surface area contributed by atoms with Gasteiger partial charge in [-0.05, 0) is 51.0 Å². The number of urea groups is 1. The molecule has 0 spiro atoms. The largest absolute Gasteiger partial charge is 0.393 e. The predicted molar refractivity (Wildman–Crippen MR) is 97.4 cm³/mol. The maximum absolute atomic E-state index is 12.2. The second kappa shape index (κ2) is 8.68. The number of carbonyl (C=O) groups is 1. The summed E-state index contributed by atoms with van der Waals surface area (Å²) in [5.41, 5.74) is 2.44. The number of ether oxygens (including phenoxy) is 1. The molecule has 3 N–H and O–H groups in total. The molecule has 138 valence electrons. The maximum atomic E-state index is 12.2. The lowest BCUT2D eigenvalue weighted by molar-refractivity contribution is -0.0269. The van der Waals surface area contributed by atoms with Gasteiger partial charge in [0.2, 0.25) is 0 Å². The molecule has 1 aliphatic carbocycles. The van der Waals surface area contributed by atoms with Crippen LogP contribution in [-0.4, -0.2) is 36.4 Å². The Balaban J connectivity index is 1.50. The molecule has 5 heteroatoms. The predicted octanol–water partition coefficient (Wildman–Crippen LogP) is 3.07. The lowest BCUT2D eigenvalue weighted by atomic mass is 9.89. The Morgan fingerprint density at radius 1 is 1.16 bits per heavy atom. The van der Waals surface area contributed by atoms with Crippen LogP contribution in [0.2, 0.25) is 0 Å². The molecular weight excluding hydrogens is 316 g/mol. The molecule has 5 nitrogen and oxygen atoms in total. The van der Waals surface area contributed by atoms with Crippen molar-refractivity contribution in [3.05, 3.63) is 35.4 Å². The van der Waals surface area contributed by atoms with Crippen LogP contribution in [0.15, 0.2) is 24.3 Å². The number of hydrogen-bond acceptors (Lipinski definition) is 3. The first-order chi connectivity index (χ1) is 12.1. The summed E-state index contributed by atoms with van der Waals surface area (Å²) in [6.45, 7) is 3.49. The van der Waals surface area contributed by atoms with Crippen molar-refractivity contribution in [2.24, 2.45) is 5.92 Å². The van der Waals surface area contributed by atoms with Crippen molar-refractivity contribution in [1.82, 2.24) is 10.6 Å². The Bertz CT molecular complexity index is 553. The Hall–Kier alpha value is -1.59. The van der Waals surface area contributed by atoms with E-state index in [0.29, 0.717) is 12.5 Å². The summed E-state index contributed by atoms with van der Waals surface area (Å²) >= 11 is 0. The van der Waals surface area contributed by atoms with Gasteiger partial charge in [-0.1, -0.05) is 29.8 Å². The molecule has 1 saturated heterocycles. The van der Waals surface area contributed by atoms with Gasteiger partial charge < -0.3 is 20.5 Å². The lowest BCUT2D eigenvalue weighted by Crippen LogP contribution is -2.46. The monoisotopic (exact) mass is 346 g/mol. The highest BCUT2D eigenvalue weighted by Gasteiger charge is 2.28. The second-order valence-corrected chi connectivity index (χ2v) is 7.46. The van der Waals surface area contributed by atoms with Gasteiger partial charge in [0.15, 0.2) is 0 Å². The normalized spacial score (nSPS) is 29.8. The van der Waals surface area contributed by atoms with Crippen molar-refractivity contribution < 1.29 is 14.6 Å². The number of rotatable bonds is 4. The van der Waals surface area contributed by atoms with Gasteiger partial charge in [-0.3, -0.25) is 0 Å². The molecule has 0 bridgehead atoms. The molecule has 2 aliphatic rings. The van der Waals surface area contributed by atoms with Gasteiger partial charge in [-0.25, -0.2) is 4.79 Å². The zero-order valence-corrected chi connectivity index (χ0v) is 15.0. The lowest BCUT2D eigenvalue weighted by Gasteiger charge is -2.33. The van der Waals surface area contributed by atoms with Gasteiger partial charge in [0, 0.05) is 25.1 Å². The third-order valence-electron chi connectivity index (χ3n) is 5.41. The van der Waals surface area contributed by atoms with E-state index >= 15 is 0 Å². The first-order valence-corrected chi connectivity index (χ1v) is 9.52. The Morgan fingerprint density at radius 3 is 2.60 bits per heavy atom. The van der Waals surface area contributed by atoms with Gasteiger partial charge in [0.05, 0.1) is 12.2 Å². The van der Waals surface area contributed by atoms with Crippen LogP contribution >= 0.6 is 0 Å². The number of aliphatic hydroxyl groups excluding tert-OH is 1. The number of aliphatic hydroxyl groups is 1. The molecule has 2 amide bonds. The van der Waals surface area contributed by atoms with Crippen molar-refractivity contribution >= 4 is 6.03 Å². The van der Waals surface area contributed by atoms with Gasteiger partial charge in [-0.2, -0.15) is 0 Å². The van der Waals surface area contributed by atoms with Crippen LogP contribution in [0.4, 0.5) is 4.79 Å². The Morgan fingerprint density at radius 2 is 1.88 bits per heavy atom. The highest BCUT2D eigenvalue weighted by molar-refractivity contribution is 5.74. The van der Waals surface area contributed by atoms with Crippen molar-refractivity contribution in [2.45, 2.75) is 63.7 Å². The number of nitrogens with one attached hydrogen (secondary N) is 2. The standard InChI is InChI=1S/C20H30N2O3/c1-14-4-6-15(7-5-14)19-16(3-2-12-25-19)13-21-20(24)22-17-8-10-18(23)11-9-17/h4-7,16-19,23H,2-3,8-13H2,1H3,(H2,21,22,24)/t16-,17?,18?,19+/m1/s1. The van der Waals surface area contributed by atoms with Crippen LogP contribution in [-0.2, 0) is 4.74 Å². The van der Waals surface area contributed by atoms with E-state index in [0.717, 1.165) is 45.1 Å². The van der Waals surface area contributed by atoms with Crippen molar-refractivity contribution in [3.63, 3.8) is 0 Å². The van der Waals surface area contributed by atoms with Gasteiger partial charge in [0.1, 0.15) is 0 Å². The zero-order valence-electron chi connectivity index (χ0n) is 15.0. The molecule has 1 aromatic rings. The zero-order chi connectivity index (χ0) is 17.6. The average molecular weight is 346 g/mol. The van der Waals surface area contributed by atoms with Crippen LogP contribution in [0.1, 0.15) is 55.8 Å². The van der Waals surface area contributed by atoms with Crippen LogP contribution in [0, 0.1) is 12.8 Å². The smallest absolute Gasteiger partial charge is 0.315 e. The Kier molecular flexibility index (Phi) is 6.32. The average Bonchev–Trinajstić information content (AvgIpc) is 2.63. The van der Waals surface area contributed by atoms with E-state index in [1.807, 2.05) is 0 Å². The molecule has 25 heavy (non-hydrogen) atoms. The number of hydrogen-bond donors (Lipinski definition) is 3. The minimum atomic E-state index is -0.198. The van der Waals surface area contributed by atoms with E-state index in [9.17, 15) is 9.90 Å². The number of amides is 2. The SMILES string of the molecule is Cc1ccc([C@@H]2OCCC[C@@H]2CNC(=O)NC2CCC(O)CC2)cc1. The van der Waals surface area contributed by atoms with Gasteiger partial charge >= 0.3 is 6.03 Å². The highest BCUT2D eigenvalue weighted by atomic mass is 16.5. The summed E-state index contributed by atoms with van der Waals surface area (Å²) in [4.78, 5) is 12.2. The fourth-order valence-electron chi connectivity index (χ4n) is 3.86. The Labute approximate surface area is 150 Å². The van der Waals surface area contributed by atoms with E-state index in [1.54, 1.807) is 0 Å². The third-order valence-corrected chi connectivity index (χ3v) is 5.41. The minimum absolute atomic E-state index is 0.0551. The number of carbonyl (C=O) groups excluding carboxylic acids is 1. The number of aryl methyl sites for hydroxylation is 1. The van der Waals surface area contributed by atoms with Crippen molar-refractivity contribution in [3.8, 4) is 0 Å². The highest BCUT2D eigenvalue weighted by Crippen LogP contribution is 2.33. The first kappa shape index (κ1) is 18.2. The van der Waals surface area contributed by atoms with Gasteiger partial charge in [-0.15, -0.1) is 0 Å². The molecule has 0 unspecified atom stereocenters. The molecule has 3 rings (SSSR count). The minimum Gasteiger partial charge on any atom is -0.393 e. The fraction of sp³-hybridized carbons (Fsp3) is 0.650. The second-order valence-electron chi connectivity index (χ2n) is 7.46. The molecule has 2 fully saturated rings. The van der Waals surface area contributed by atoms with E-state index in [2.05, 4.69) is 41.8 Å². The quantitative estimate of drug-likeness (QED) is 0.785.